The molecule has 98 valence electrons. The lowest BCUT2D eigenvalue weighted by Crippen LogP contribution is -2.19. The van der Waals surface area contributed by atoms with E-state index >= 15 is 0 Å². The number of anilines is 1. The average Bonchev–Trinajstić information content (AvgIpc) is 2.76. The smallest absolute Gasteiger partial charge is 0.225 e. The van der Waals surface area contributed by atoms with Crippen molar-refractivity contribution in [1.29, 1.82) is 0 Å². The highest BCUT2D eigenvalue weighted by molar-refractivity contribution is 7.16. The zero-order valence-electron chi connectivity index (χ0n) is 10.9. The van der Waals surface area contributed by atoms with E-state index in [2.05, 4.69) is 36.1 Å². The van der Waals surface area contributed by atoms with Gasteiger partial charge in [-0.25, -0.2) is 9.97 Å². The van der Waals surface area contributed by atoms with Crippen molar-refractivity contribution < 1.29 is 0 Å². The van der Waals surface area contributed by atoms with Crippen molar-refractivity contribution in [2.24, 2.45) is 5.92 Å². The lowest BCUT2D eigenvalue weighted by atomic mass is 10.0. The molecule has 0 bridgehead atoms. The van der Waals surface area contributed by atoms with Crippen molar-refractivity contribution in [2.45, 2.75) is 39.7 Å². The maximum atomic E-state index is 5.94. The van der Waals surface area contributed by atoms with E-state index in [0.717, 1.165) is 22.5 Å². The first-order valence-electron chi connectivity index (χ1n) is 6.27. The fraction of sp³-hybridized carbons (Fsp3) is 0.538. The van der Waals surface area contributed by atoms with Gasteiger partial charge < -0.3 is 5.32 Å². The average molecular weight is 284 g/mol. The third kappa shape index (κ3) is 3.12. The van der Waals surface area contributed by atoms with Crippen molar-refractivity contribution in [3.8, 4) is 0 Å². The van der Waals surface area contributed by atoms with Crippen LogP contribution in [0.1, 0.15) is 33.6 Å². The number of nitrogens with zero attached hydrogens (tertiary/aromatic N) is 2. The molecule has 3 nitrogen and oxygen atoms in total. The van der Waals surface area contributed by atoms with Gasteiger partial charge in [0.25, 0.3) is 0 Å². The van der Waals surface area contributed by atoms with Gasteiger partial charge in [-0.2, -0.15) is 0 Å². The van der Waals surface area contributed by atoms with Gasteiger partial charge in [-0.3, -0.25) is 0 Å². The second-order valence-electron chi connectivity index (χ2n) is 4.78. The van der Waals surface area contributed by atoms with Crippen LogP contribution in [0.15, 0.2) is 11.4 Å². The number of aromatic nitrogens is 2. The first-order valence-corrected chi connectivity index (χ1v) is 7.53. The lowest BCUT2D eigenvalue weighted by Gasteiger charge is -2.18. The Morgan fingerprint density at radius 2 is 2.17 bits per heavy atom. The summed E-state index contributed by atoms with van der Waals surface area (Å²) in [6.45, 7) is 6.67. The molecule has 0 aliphatic carbocycles. The van der Waals surface area contributed by atoms with Gasteiger partial charge in [0.2, 0.25) is 5.28 Å². The normalized spacial score (nSPS) is 14.7. The number of hydrogen-bond acceptors (Lipinski definition) is 4. The summed E-state index contributed by atoms with van der Waals surface area (Å²) < 4.78 is 0. The molecule has 2 rings (SSSR count). The van der Waals surface area contributed by atoms with Crippen LogP contribution in [0.4, 0.5) is 5.82 Å². The molecule has 0 aliphatic rings. The van der Waals surface area contributed by atoms with Crippen LogP contribution in [-0.4, -0.2) is 16.0 Å². The Bertz CT molecular complexity index is 526. The highest BCUT2D eigenvalue weighted by Gasteiger charge is 2.12. The second-order valence-corrected chi connectivity index (χ2v) is 6.01. The number of hydrogen-bond donors (Lipinski definition) is 1. The summed E-state index contributed by atoms with van der Waals surface area (Å²) >= 11 is 7.53. The van der Waals surface area contributed by atoms with Crippen LogP contribution in [-0.2, 0) is 0 Å². The van der Waals surface area contributed by atoms with E-state index in [0.29, 0.717) is 17.2 Å². The van der Waals surface area contributed by atoms with Crippen LogP contribution in [0.5, 0.6) is 0 Å². The number of thiophene rings is 1. The maximum Gasteiger partial charge on any atom is 0.225 e. The lowest BCUT2D eigenvalue weighted by molar-refractivity contribution is 0.483. The molecular weight excluding hydrogens is 266 g/mol. The van der Waals surface area contributed by atoms with Gasteiger partial charge in [0.15, 0.2) is 0 Å². The topological polar surface area (TPSA) is 37.8 Å². The van der Waals surface area contributed by atoms with Gasteiger partial charge in [-0.05, 0) is 42.3 Å². The summed E-state index contributed by atoms with van der Waals surface area (Å²) in [5, 5.41) is 6.83. The largest absolute Gasteiger partial charge is 0.367 e. The van der Waals surface area contributed by atoms with Gasteiger partial charge in [0.05, 0.1) is 5.39 Å². The van der Waals surface area contributed by atoms with Crippen LogP contribution < -0.4 is 5.32 Å². The Balaban J connectivity index is 2.18. The third-order valence-corrected chi connectivity index (χ3v) is 4.11. The van der Waals surface area contributed by atoms with Crippen molar-refractivity contribution in [3.05, 3.63) is 16.7 Å². The van der Waals surface area contributed by atoms with Gasteiger partial charge in [-0.1, -0.05) is 20.3 Å². The summed E-state index contributed by atoms with van der Waals surface area (Å²) in [6.07, 6.45) is 2.33. The van der Waals surface area contributed by atoms with E-state index in [-0.39, 0.29) is 0 Å². The summed E-state index contributed by atoms with van der Waals surface area (Å²) in [4.78, 5) is 9.45. The molecule has 0 fully saturated rings. The van der Waals surface area contributed by atoms with Crippen molar-refractivity contribution in [2.75, 3.05) is 5.32 Å². The number of fused-ring (bicyclic) bond motifs is 1. The Labute approximate surface area is 117 Å². The van der Waals surface area contributed by atoms with Crippen LogP contribution >= 0.6 is 22.9 Å². The predicted octanol–water partition coefficient (Wildman–Crippen LogP) is 4.58. The Morgan fingerprint density at radius 3 is 2.89 bits per heavy atom. The molecule has 2 atom stereocenters. The molecule has 0 saturated carbocycles. The van der Waals surface area contributed by atoms with E-state index in [1.807, 2.05) is 11.4 Å². The maximum absolute atomic E-state index is 5.94. The zero-order chi connectivity index (χ0) is 13.1. The second kappa shape index (κ2) is 5.85. The SMILES string of the molecule is CCC(C)CC(C)Nc1nc(Cl)nc2sccc12. The van der Waals surface area contributed by atoms with Crippen molar-refractivity contribution in [1.82, 2.24) is 9.97 Å². The van der Waals surface area contributed by atoms with Crippen molar-refractivity contribution >= 4 is 39.0 Å². The van der Waals surface area contributed by atoms with Crippen LogP contribution in [0.2, 0.25) is 5.28 Å². The van der Waals surface area contributed by atoms with Gasteiger partial charge >= 0.3 is 0 Å². The quantitative estimate of drug-likeness (QED) is 0.816. The Hall–Kier alpha value is -0.870. The highest BCUT2D eigenvalue weighted by Crippen LogP contribution is 2.27. The molecule has 2 unspecified atom stereocenters. The first-order chi connectivity index (χ1) is 8.60. The van der Waals surface area contributed by atoms with Crippen LogP contribution in [0.3, 0.4) is 0 Å². The standard InChI is InChI=1S/C13H18ClN3S/c1-4-8(2)7-9(3)15-11-10-5-6-18-12(10)17-13(14)16-11/h5-6,8-9H,4,7H2,1-3H3,(H,15,16,17). The van der Waals surface area contributed by atoms with E-state index < -0.39 is 0 Å². The van der Waals surface area contributed by atoms with E-state index in [1.165, 1.54) is 6.42 Å². The predicted molar refractivity (Wildman–Crippen MR) is 79.6 cm³/mol. The summed E-state index contributed by atoms with van der Waals surface area (Å²) in [6, 6.07) is 2.42. The minimum atomic E-state index is 0.309. The molecule has 0 saturated heterocycles. The summed E-state index contributed by atoms with van der Waals surface area (Å²) in [5.41, 5.74) is 0. The third-order valence-electron chi connectivity index (χ3n) is 3.13. The molecule has 0 aromatic carbocycles. The van der Waals surface area contributed by atoms with E-state index in [9.17, 15) is 0 Å². The van der Waals surface area contributed by atoms with Crippen molar-refractivity contribution in [3.63, 3.8) is 0 Å². The molecule has 0 amide bonds. The number of halogens is 1. The van der Waals surface area contributed by atoms with E-state index in [1.54, 1.807) is 11.3 Å². The molecule has 5 heteroatoms. The number of nitrogens with one attached hydrogen (secondary N) is 1. The van der Waals surface area contributed by atoms with E-state index in [4.69, 9.17) is 11.6 Å². The molecule has 2 aromatic rings. The monoisotopic (exact) mass is 283 g/mol. The van der Waals surface area contributed by atoms with Gasteiger partial charge in [0, 0.05) is 6.04 Å². The minimum Gasteiger partial charge on any atom is -0.367 e. The number of rotatable bonds is 5. The molecule has 2 heterocycles. The molecule has 18 heavy (non-hydrogen) atoms. The highest BCUT2D eigenvalue weighted by atomic mass is 35.5. The molecule has 0 spiro atoms. The molecular formula is C13H18ClN3S. The summed E-state index contributed by atoms with van der Waals surface area (Å²) in [7, 11) is 0. The fourth-order valence-electron chi connectivity index (χ4n) is 2.00. The first kappa shape index (κ1) is 13.6. The Kier molecular flexibility index (Phi) is 4.40. The van der Waals surface area contributed by atoms with Gasteiger partial charge in [-0.15, -0.1) is 11.3 Å². The summed E-state index contributed by atoms with van der Waals surface area (Å²) in [5.74, 6) is 1.56. The molecule has 2 aromatic heterocycles. The molecule has 0 radical (unpaired) electrons. The molecule has 0 aliphatic heterocycles. The fourth-order valence-corrected chi connectivity index (χ4v) is 2.98. The molecule has 1 N–H and O–H groups in total. The minimum absolute atomic E-state index is 0.309. The van der Waals surface area contributed by atoms with Crippen LogP contribution in [0.25, 0.3) is 10.2 Å². The zero-order valence-corrected chi connectivity index (χ0v) is 12.5. The van der Waals surface area contributed by atoms with Crippen LogP contribution in [0, 0.1) is 5.92 Å². The Morgan fingerprint density at radius 1 is 1.39 bits per heavy atom. The van der Waals surface area contributed by atoms with Gasteiger partial charge in [0.1, 0.15) is 10.6 Å².